The van der Waals surface area contributed by atoms with Gasteiger partial charge >= 0.3 is 5.91 Å². The Morgan fingerprint density at radius 1 is 1.17 bits per heavy atom. The number of carbonyl (C=O) groups is 1. The molecular weight excluding hydrogens is 450 g/mol. The molecule has 0 fully saturated rings. The van der Waals surface area contributed by atoms with Crippen LogP contribution in [0.3, 0.4) is 0 Å². The SMILES string of the molecule is COc1ccc2c(c1)c(N=NC(=O)COc1ccc(Br)cc1)c(O)n2CCC(C)C. The van der Waals surface area contributed by atoms with Gasteiger partial charge in [0.25, 0.3) is 0 Å². The summed E-state index contributed by atoms with van der Waals surface area (Å²) < 4.78 is 13.4. The summed E-state index contributed by atoms with van der Waals surface area (Å²) in [5, 5.41) is 19.2. The van der Waals surface area contributed by atoms with Crippen LogP contribution in [0.1, 0.15) is 20.3 Å². The van der Waals surface area contributed by atoms with E-state index in [4.69, 9.17) is 9.47 Å². The van der Waals surface area contributed by atoms with E-state index in [1.165, 1.54) is 0 Å². The predicted molar refractivity (Wildman–Crippen MR) is 119 cm³/mol. The Bertz CT molecular complexity index is 1060. The fraction of sp³-hybridized carbons (Fsp3) is 0.318. The quantitative estimate of drug-likeness (QED) is 0.415. The molecule has 0 aliphatic heterocycles. The van der Waals surface area contributed by atoms with E-state index < -0.39 is 5.91 Å². The van der Waals surface area contributed by atoms with Crippen molar-refractivity contribution in [3.05, 3.63) is 46.9 Å². The second kappa shape index (κ2) is 9.75. The number of azo groups is 1. The number of fused-ring (bicyclic) bond motifs is 1. The summed E-state index contributed by atoms with van der Waals surface area (Å²) in [4.78, 5) is 12.1. The van der Waals surface area contributed by atoms with E-state index in [1.54, 1.807) is 29.9 Å². The van der Waals surface area contributed by atoms with Crippen molar-refractivity contribution in [1.82, 2.24) is 4.57 Å². The first-order valence-corrected chi connectivity index (χ1v) is 10.4. The number of aryl methyl sites for hydroxylation is 1. The summed E-state index contributed by atoms with van der Waals surface area (Å²) in [6, 6.07) is 12.6. The second-order valence-electron chi connectivity index (χ2n) is 7.23. The molecule has 1 heterocycles. The fourth-order valence-corrected chi connectivity index (χ4v) is 3.22. The lowest BCUT2D eigenvalue weighted by Crippen LogP contribution is -2.07. The summed E-state index contributed by atoms with van der Waals surface area (Å²) in [6.45, 7) is 4.62. The normalized spacial score (nSPS) is 11.5. The van der Waals surface area contributed by atoms with Crippen LogP contribution in [0.25, 0.3) is 10.9 Å². The maximum atomic E-state index is 12.1. The van der Waals surface area contributed by atoms with Crippen molar-refractivity contribution in [1.29, 1.82) is 0 Å². The molecule has 0 saturated heterocycles. The number of carbonyl (C=O) groups excluding carboxylic acids is 1. The van der Waals surface area contributed by atoms with E-state index >= 15 is 0 Å². The van der Waals surface area contributed by atoms with E-state index in [-0.39, 0.29) is 18.2 Å². The van der Waals surface area contributed by atoms with Crippen LogP contribution in [0.5, 0.6) is 17.4 Å². The number of hydrogen-bond acceptors (Lipinski definition) is 5. The molecule has 1 amide bonds. The Kier molecular flexibility index (Phi) is 7.10. The highest BCUT2D eigenvalue weighted by Crippen LogP contribution is 2.40. The molecule has 0 bridgehead atoms. The molecule has 8 heteroatoms. The molecule has 0 atom stereocenters. The van der Waals surface area contributed by atoms with Crippen molar-refractivity contribution in [3.8, 4) is 17.4 Å². The number of hydrogen-bond donors (Lipinski definition) is 1. The van der Waals surface area contributed by atoms with Crippen LogP contribution >= 0.6 is 15.9 Å². The summed E-state index contributed by atoms with van der Waals surface area (Å²) in [6.07, 6.45) is 0.889. The molecule has 0 aliphatic rings. The largest absolute Gasteiger partial charge is 0.497 e. The number of methoxy groups -OCH3 is 1. The van der Waals surface area contributed by atoms with Crippen LogP contribution in [-0.2, 0) is 11.3 Å². The summed E-state index contributed by atoms with van der Waals surface area (Å²) >= 11 is 3.34. The molecule has 1 aromatic heterocycles. The second-order valence-corrected chi connectivity index (χ2v) is 8.14. The highest BCUT2D eigenvalue weighted by atomic mass is 79.9. The summed E-state index contributed by atoms with van der Waals surface area (Å²) in [5.74, 6) is 1.08. The molecule has 0 aliphatic carbocycles. The van der Waals surface area contributed by atoms with E-state index in [2.05, 4.69) is 40.0 Å². The third-order valence-electron chi connectivity index (χ3n) is 4.58. The van der Waals surface area contributed by atoms with E-state index in [1.807, 2.05) is 24.3 Å². The molecule has 7 nitrogen and oxygen atoms in total. The average Bonchev–Trinajstić information content (AvgIpc) is 3.00. The molecule has 0 spiro atoms. The number of amides is 1. The van der Waals surface area contributed by atoms with Crippen molar-refractivity contribution in [2.24, 2.45) is 16.1 Å². The Labute approximate surface area is 183 Å². The maximum absolute atomic E-state index is 12.1. The molecule has 2 aromatic carbocycles. The van der Waals surface area contributed by atoms with Crippen LogP contribution in [-0.4, -0.2) is 29.3 Å². The van der Waals surface area contributed by atoms with Gasteiger partial charge in [0.1, 0.15) is 11.5 Å². The first-order valence-electron chi connectivity index (χ1n) is 9.61. The van der Waals surface area contributed by atoms with Gasteiger partial charge < -0.3 is 19.1 Å². The molecule has 0 saturated carbocycles. The minimum absolute atomic E-state index is 0.0238. The average molecular weight is 474 g/mol. The van der Waals surface area contributed by atoms with E-state index in [0.717, 1.165) is 16.4 Å². The van der Waals surface area contributed by atoms with Gasteiger partial charge in [-0.1, -0.05) is 29.8 Å². The lowest BCUT2D eigenvalue weighted by molar-refractivity contribution is -0.120. The Balaban J connectivity index is 1.83. The van der Waals surface area contributed by atoms with Crippen LogP contribution < -0.4 is 9.47 Å². The van der Waals surface area contributed by atoms with Crippen molar-refractivity contribution < 1.29 is 19.4 Å². The van der Waals surface area contributed by atoms with Crippen molar-refractivity contribution in [3.63, 3.8) is 0 Å². The van der Waals surface area contributed by atoms with Crippen LogP contribution in [0.4, 0.5) is 5.69 Å². The molecular formula is C22H24BrN3O4. The zero-order chi connectivity index (χ0) is 21.7. The monoisotopic (exact) mass is 473 g/mol. The van der Waals surface area contributed by atoms with Gasteiger partial charge in [0, 0.05) is 16.4 Å². The molecule has 3 rings (SSSR count). The molecule has 30 heavy (non-hydrogen) atoms. The number of ether oxygens (including phenoxy) is 2. The summed E-state index contributed by atoms with van der Waals surface area (Å²) in [5.41, 5.74) is 1.05. The van der Waals surface area contributed by atoms with Gasteiger partial charge in [-0.3, -0.25) is 4.79 Å². The zero-order valence-corrected chi connectivity index (χ0v) is 18.7. The predicted octanol–water partition coefficient (Wildman–Crippen LogP) is 5.85. The van der Waals surface area contributed by atoms with Gasteiger partial charge in [-0.15, -0.1) is 10.2 Å². The smallest absolute Gasteiger partial charge is 0.302 e. The number of rotatable bonds is 8. The molecule has 3 aromatic rings. The van der Waals surface area contributed by atoms with Crippen LogP contribution in [0, 0.1) is 5.92 Å². The first kappa shape index (κ1) is 21.8. The van der Waals surface area contributed by atoms with Crippen molar-refractivity contribution in [2.75, 3.05) is 13.7 Å². The summed E-state index contributed by atoms with van der Waals surface area (Å²) in [7, 11) is 1.57. The highest BCUT2D eigenvalue weighted by Gasteiger charge is 2.18. The standard InChI is InChI=1S/C22H24BrN3O4/c1-14(2)10-11-26-19-9-8-17(29-3)12-18(19)21(22(26)28)25-24-20(27)13-30-16-6-4-15(23)5-7-16/h4-9,12,14,28H,10-11,13H2,1-3H3. The van der Waals surface area contributed by atoms with Crippen molar-refractivity contribution >= 4 is 38.4 Å². The van der Waals surface area contributed by atoms with Gasteiger partial charge in [0.15, 0.2) is 12.3 Å². The number of nitrogens with zero attached hydrogens (tertiary/aromatic N) is 3. The Morgan fingerprint density at radius 2 is 1.87 bits per heavy atom. The van der Waals surface area contributed by atoms with E-state index in [0.29, 0.717) is 29.3 Å². The lowest BCUT2D eigenvalue weighted by Gasteiger charge is -2.09. The molecule has 0 radical (unpaired) electrons. The minimum atomic E-state index is -0.553. The number of aromatic nitrogens is 1. The van der Waals surface area contributed by atoms with Gasteiger partial charge in [0.2, 0.25) is 5.88 Å². The Morgan fingerprint density at radius 3 is 2.53 bits per heavy atom. The van der Waals surface area contributed by atoms with Crippen LogP contribution in [0.2, 0.25) is 0 Å². The number of benzene rings is 2. The molecule has 158 valence electrons. The van der Waals surface area contributed by atoms with Crippen molar-refractivity contribution in [2.45, 2.75) is 26.8 Å². The third kappa shape index (κ3) is 5.18. The zero-order valence-electron chi connectivity index (χ0n) is 17.1. The topological polar surface area (TPSA) is 85.4 Å². The van der Waals surface area contributed by atoms with Crippen LogP contribution in [0.15, 0.2) is 57.2 Å². The highest BCUT2D eigenvalue weighted by molar-refractivity contribution is 9.10. The lowest BCUT2D eigenvalue weighted by atomic mass is 10.1. The van der Waals surface area contributed by atoms with E-state index in [9.17, 15) is 9.90 Å². The van der Waals surface area contributed by atoms with Gasteiger partial charge in [-0.25, -0.2) is 0 Å². The first-order chi connectivity index (χ1) is 14.4. The fourth-order valence-electron chi connectivity index (χ4n) is 2.95. The third-order valence-corrected chi connectivity index (χ3v) is 5.11. The molecule has 0 unspecified atom stereocenters. The Hall–Kier alpha value is -2.87. The molecule has 1 N–H and O–H groups in total. The maximum Gasteiger partial charge on any atom is 0.302 e. The number of aromatic hydroxyl groups is 1. The number of halogens is 1. The van der Waals surface area contributed by atoms with Gasteiger partial charge in [-0.2, -0.15) is 0 Å². The van der Waals surface area contributed by atoms with Gasteiger partial charge in [-0.05, 0) is 54.8 Å². The minimum Gasteiger partial charge on any atom is -0.497 e. The van der Waals surface area contributed by atoms with Gasteiger partial charge in [0.05, 0.1) is 12.6 Å².